The Balaban J connectivity index is 0.00000441. The molecule has 0 aromatic rings. The number of carbonyl (C=O) groups excluding carboxylic acids is 1. The number of carbonyl (C=O) groups is 1. The van der Waals surface area contributed by atoms with E-state index in [1.54, 1.807) is 20.8 Å². The van der Waals surface area contributed by atoms with Crippen molar-refractivity contribution < 1.29 is 47.7 Å². The number of rotatable bonds is 2. The van der Waals surface area contributed by atoms with Crippen molar-refractivity contribution >= 4 is 16.2 Å². The monoisotopic (exact) mass is 366 g/mol. The average Bonchev–Trinajstić information content (AvgIpc) is 2.25. The third-order valence-corrected chi connectivity index (χ3v) is 3.32. The van der Waals surface area contributed by atoms with Gasteiger partial charge in [0.1, 0.15) is 11.4 Å². The molecule has 0 N–H and O–H groups in total. The Kier molecular flexibility index (Phi) is 6.58. The van der Waals surface area contributed by atoms with Crippen molar-refractivity contribution in [1.29, 1.82) is 0 Å². The third-order valence-electron chi connectivity index (χ3n) is 2.32. The highest BCUT2D eigenvalue weighted by molar-refractivity contribution is 7.87. The second-order valence-electron chi connectivity index (χ2n) is 5.33. The zero-order chi connectivity index (χ0) is 16.5. The number of halogens is 4. The second kappa shape index (κ2) is 6.95. The smallest absolute Gasteiger partial charge is 0.534 e. The molecule has 0 saturated heterocycles. The molecule has 0 bridgehead atoms. The van der Waals surface area contributed by atoms with Crippen LogP contribution in [0.1, 0.15) is 27.2 Å². The average molecular weight is 367 g/mol. The van der Waals surface area contributed by atoms with Gasteiger partial charge in [0.15, 0.2) is 0 Å². The number of nitrogens with zero attached hydrogens (tertiary/aromatic N) is 1. The first-order valence-corrected chi connectivity index (χ1v) is 7.40. The molecule has 0 atom stereocenters. The van der Waals surface area contributed by atoms with E-state index in [0.29, 0.717) is 0 Å². The minimum atomic E-state index is -5.67. The molecule has 0 aromatic carbocycles. The second-order valence-corrected chi connectivity index (χ2v) is 6.87. The van der Waals surface area contributed by atoms with Crippen LogP contribution in [0.25, 0.3) is 0 Å². The molecule has 1 amide bonds. The maximum absolute atomic E-state index is 12.2. The number of hydrogen-bond donors (Lipinski definition) is 0. The normalized spacial score (nSPS) is 16.5. The molecule has 0 fully saturated rings. The van der Waals surface area contributed by atoms with Gasteiger partial charge in [-0.05, 0) is 26.8 Å². The SMILES string of the molecule is CC(C)(C)OC(=O)N1CC=C(OS(=O)(=O)C(F)(F)F)CC1.[Cl-]. The Morgan fingerprint density at radius 2 is 1.82 bits per heavy atom. The number of alkyl halides is 3. The highest BCUT2D eigenvalue weighted by atomic mass is 35.5. The van der Waals surface area contributed by atoms with E-state index < -0.39 is 27.3 Å². The molecular weight excluding hydrogens is 351 g/mol. The first-order chi connectivity index (χ1) is 9.32. The van der Waals surface area contributed by atoms with Gasteiger partial charge in [0.2, 0.25) is 0 Å². The summed E-state index contributed by atoms with van der Waals surface area (Å²) in [6, 6.07) is 0. The lowest BCUT2D eigenvalue weighted by Crippen LogP contribution is -3.00. The summed E-state index contributed by atoms with van der Waals surface area (Å²) in [7, 11) is -5.67. The van der Waals surface area contributed by atoms with Crippen molar-refractivity contribution in [3.8, 4) is 0 Å². The molecule has 11 heteroatoms. The molecular formula is C11H16ClF3NO5S-. The first-order valence-electron chi connectivity index (χ1n) is 5.99. The first kappa shape index (κ1) is 20.8. The van der Waals surface area contributed by atoms with Crippen molar-refractivity contribution in [2.24, 2.45) is 0 Å². The lowest BCUT2D eigenvalue weighted by molar-refractivity contribution is -0.0525. The van der Waals surface area contributed by atoms with Crippen molar-refractivity contribution in [3.63, 3.8) is 0 Å². The van der Waals surface area contributed by atoms with Gasteiger partial charge in [0, 0.05) is 19.5 Å². The maximum atomic E-state index is 12.2. The van der Waals surface area contributed by atoms with E-state index in [1.807, 2.05) is 0 Å². The van der Waals surface area contributed by atoms with Crippen LogP contribution in [0.3, 0.4) is 0 Å². The van der Waals surface area contributed by atoms with E-state index in [9.17, 15) is 26.4 Å². The van der Waals surface area contributed by atoms with Crippen LogP contribution in [0, 0.1) is 0 Å². The molecule has 0 radical (unpaired) electrons. The highest BCUT2D eigenvalue weighted by Crippen LogP contribution is 2.28. The summed E-state index contributed by atoms with van der Waals surface area (Å²) in [6.45, 7) is 4.95. The lowest BCUT2D eigenvalue weighted by atomic mass is 10.2. The molecule has 1 heterocycles. The molecule has 130 valence electrons. The Morgan fingerprint density at radius 3 is 2.18 bits per heavy atom. The Hall–Kier alpha value is -1.16. The van der Waals surface area contributed by atoms with Crippen LogP contribution in [-0.2, 0) is 19.0 Å². The molecule has 0 spiro atoms. The van der Waals surface area contributed by atoms with Crippen molar-refractivity contribution in [3.05, 3.63) is 11.8 Å². The van der Waals surface area contributed by atoms with Gasteiger partial charge in [-0.15, -0.1) is 0 Å². The van der Waals surface area contributed by atoms with E-state index in [4.69, 9.17) is 4.74 Å². The largest absolute Gasteiger partial charge is 1.00 e. The summed E-state index contributed by atoms with van der Waals surface area (Å²) >= 11 is 0. The van der Waals surface area contributed by atoms with Gasteiger partial charge < -0.3 is 26.2 Å². The van der Waals surface area contributed by atoms with Gasteiger partial charge in [0.05, 0.1) is 0 Å². The van der Waals surface area contributed by atoms with Crippen molar-refractivity contribution in [1.82, 2.24) is 4.90 Å². The fraction of sp³-hybridized carbons (Fsp3) is 0.727. The van der Waals surface area contributed by atoms with Gasteiger partial charge in [-0.3, -0.25) is 0 Å². The van der Waals surface area contributed by atoms with Crippen LogP contribution < -0.4 is 12.4 Å². The van der Waals surface area contributed by atoms with Crippen molar-refractivity contribution in [2.75, 3.05) is 13.1 Å². The number of hydrogen-bond acceptors (Lipinski definition) is 5. The fourth-order valence-corrected chi connectivity index (χ4v) is 1.93. The van der Waals surface area contributed by atoms with E-state index in [-0.39, 0.29) is 37.7 Å². The van der Waals surface area contributed by atoms with Crippen LogP contribution in [0.15, 0.2) is 11.8 Å². The molecule has 1 aliphatic heterocycles. The minimum Gasteiger partial charge on any atom is -1.00 e. The van der Waals surface area contributed by atoms with Crippen LogP contribution in [0.4, 0.5) is 18.0 Å². The molecule has 0 saturated carbocycles. The van der Waals surface area contributed by atoms with Crippen LogP contribution in [0.2, 0.25) is 0 Å². The molecule has 1 rings (SSSR count). The molecule has 0 aromatic heterocycles. The molecule has 22 heavy (non-hydrogen) atoms. The Morgan fingerprint density at radius 1 is 1.27 bits per heavy atom. The standard InChI is InChI=1S/C11H16F3NO5S.ClH/c1-10(2,3)19-9(16)15-6-4-8(5-7-15)20-21(17,18)11(12,13)14;/h4H,5-7H2,1-3H3;1H/p-1. The summed E-state index contributed by atoms with van der Waals surface area (Å²) in [5.41, 5.74) is -6.17. The molecule has 6 nitrogen and oxygen atoms in total. The van der Waals surface area contributed by atoms with E-state index in [1.165, 1.54) is 4.90 Å². The van der Waals surface area contributed by atoms with Crippen molar-refractivity contribution in [2.45, 2.75) is 38.3 Å². The zero-order valence-electron chi connectivity index (χ0n) is 12.1. The van der Waals surface area contributed by atoms with E-state index in [0.717, 1.165) is 6.08 Å². The van der Waals surface area contributed by atoms with Crippen LogP contribution in [-0.4, -0.2) is 43.6 Å². The lowest BCUT2D eigenvalue weighted by Gasteiger charge is -2.29. The highest BCUT2D eigenvalue weighted by Gasteiger charge is 2.49. The predicted molar refractivity (Wildman–Crippen MR) is 66.6 cm³/mol. The van der Waals surface area contributed by atoms with Gasteiger partial charge in [0.25, 0.3) is 0 Å². The third kappa shape index (κ3) is 5.91. The number of ether oxygens (including phenoxy) is 1. The quantitative estimate of drug-likeness (QED) is 0.481. The zero-order valence-corrected chi connectivity index (χ0v) is 13.7. The summed E-state index contributed by atoms with van der Waals surface area (Å²) in [5.74, 6) is -0.341. The minimum absolute atomic E-state index is 0. The summed E-state index contributed by atoms with van der Waals surface area (Å²) in [6.07, 6.45) is 0.335. The topological polar surface area (TPSA) is 72.9 Å². The molecule has 0 aliphatic carbocycles. The van der Waals surface area contributed by atoms with Crippen LogP contribution >= 0.6 is 0 Å². The maximum Gasteiger partial charge on any atom is 0.534 e. The Bertz CT molecular complexity index is 539. The Labute approximate surface area is 132 Å². The molecule has 1 aliphatic rings. The molecule has 0 unspecified atom stereocenters. The van der Waals surface area contributed by atoms with Crippen LogP contribution in [0.5, 0.6) is 0 Å². The fourth-order valence-electron chi connectivity index (χ4n) is 1.41. The van der Waals surface area contributed by atoms with Gasteiger partial charge in [-0.25, -0.2) is 4.79 Å². The summed E-state index contributed by atoms with van der Waals surface area (Å²) < 4.78 is 67.2. The van der Waals surface area contributed by atoms with Gasteiger partial charge in [-0.1, -0.05) is 0 Å². The van der Waals surface area contributed by atoms with Gasteiger partial charge >= 0.3 is 21.7 Å². The van der Waals surface area contributed by atoms with E-state index >= 15 is 0 Å². The van der Waals surface area contributed by atoms with Gasteiger partial charge in [-0.2, -0.15) is 21.6 Å². The van der Waals surface area contributed by atoms with E-state index in [2.05, 4.69) is 4.18 Å². The predicted octanol–water partition coefficient (Wildman–Crippen LogP) is -0.619. The number of amides is 1. The summed E-state index contributed by atoms with van der Waals surface area (Å²) in [4.78, 5) is 12.9. The summed E-state index contributed by atoms with van der Waals surface area (Å²) in [5, 5.41) is 0.